The van der Waals surface area contributed by atoms with Crippen molar-refractivity contribution in [2.45, 2.75) is 44.8 Å². The molecule has 2 rings (SSSR count). The van der Waals surface area contributed by atoms with Gasteiger partial charge in [0, 0.05) is 19.7 Å². The lowest BCUT2D eigenvalue weighted by Gasteiger charge is -2.33. The number of nitrogens with one attached hydrogen (secondary N) is 1. The molecule has 94 valence electrons. The first-order valence-electron chi connectivity index (χ1n) is 6.77. The molecule has 3 heteroatoms. The molecule has 3 nitrogen and oxygen atoms in total. The Morgan fingerprint density at radius 3 is 2.94 bits per heavy atom. The Kier molecular flexibility index (Phi) is 4.62. The lowest BCUT2D eigenvalue weighted by molar-refractivity contribution is 0.0919. The SMILES string of the molecule is COC1CCC(N2CCCNCC(C)C2)C1. The number of hydrogen-bond acceptors (Lipinski definition) is 3. The molecule has 1 saturated heterocycles. The third-order valence-electron chi connectivity index (χ3n) is 4.04. The summed E-state index contributed by atoms with van der Waals surface area (Å²) in [6.45, 7) is 7.23. The summed E-state index contributed by atoms with van der Waals surface area (Å²) in [6, 6.07) is 0.783. The van der Waals surface area contributed by atoms with Gasteiger partial charge in [0.15, 0.2) is 0 Å². The summed E-state index contributed by atoms with van der Waals surface area (Å²) in [4.78, 5) is 2.71. The standard InChI is InChI=1S/C13H26N2O/c1-11-9-14-6-3-7-15(10-11)12-4-5-13(8-12)16-2/h11-14H,3-10H2,1-2H3. The summed E-state index contributed by atoms with van der Waals surface area (Å²) in [5, 5.41) is 3.52. The highest BCUT2D eigenvalue weighted by Crippen LogP contribution is 2.27. The van der Waals surface area contributed by atoms with Crippen molar-refractivity contribution < 1.29 is 4.74 Å². The van der Waals surface area contributed by atoms with E-state index in [1.165, 1.54) is 51.9 Å². The summed E-state index contributed by atoms with van der Waals surface area (Å²) >= 11 is 0. The smallest absolute Gasteiger partial charge is 0.0586 e. The van der Waals surface area contributed by atoms with E-state index in [1.807, 2.05) is 7.11 Å². The fourth-order valence-corrected chi connectivity index (χ4v) is 3.11. The van der Waals surface area contributed by atoms with Crippen LogP contribution in [0.25, 0.3) is 0 Å². The van der Waals surface area contributed by atoms with E-state index in [-0.39, 0.29) is 0 Å². The van der Waals surface area contributed by atoms with E-state index in [9.17, 15) is 0 Å². The Morgan fingerprint density at radius 2 is 2.19 bits per heavy atom. The fourth-order valence-electron chi connectivity index (χ4n) is 3.11. The third-order valence-corrected chi connectivity index (χ3v) is 4.04. The summed E-state index contributed by atoms with van der Waals surface area (Å²) in [5.74, 6) is 0.780. The fraction of sp³-hybridized carbons (Fsp3) is 1.00. The first-order chi connectivity index (χ1) is 7.79. The topological polar surface area (TPSA) is 24.5 Å². The summed E-state index contributed by atoms with van der Waals surface area (Å²) in [5.41, 5.74) is 0. The molecule has 0 aromatic heterocycles. The van der Waals surface area contributed by atoms with Crippen molar-refractivity contribution in [2.75, 3.05) is 33.3 Å². The first kappa shape index (κ1) is 12.3. The van der Waals surface area contributed by atoms with Crippen LogP contribution in [0.4, 0.5) is 0 Å². The molecule has 1 saturated carbocycles. The van der Waals surface area contributed by atoms with E-state index in [2.05, 4.69) is 17.1 Å². The van der Waals surface area contributed by atoms with Crippen molar-refractivity contribution in [3.63, 3.8) is 0 Å². The van der Waals surface area contributed by atoms with Gasteiger partial charge in [0.2, 0.25) is 0 Å². The molecule has 0 radical (unpaired) electrons. The van der Waals surface area contributed by atoms with Gasteiger partial charge >= 0.3 is 0 Å². The summed E-state index contributed by atoms with van der Waals surface area (Å²) < 4.78 is 5.48. The minimum Gasteiger partial charge on any atom is -0.381 e. The highest BCUT2D eigenvalue weighted by molar-refractivity contribution is 4.85. The molecule has 0 aromatic carbocycles. The molecule has 2 aliphatic rings. The Morgan fingerprint density at radius 1 is 1.31 bits per heavy atom. The van der Waals surface area contributed by atoms with Crippen molar-refractivity contribution in [3.8, 4) is 0 Å². The number of hydrogen-bond donors (Lipinski definition) is 1. The van der Waals surface area contributed by atoms with Crippen molar-refractivity contribution in [1.29, 1.82) is 0 Å². The minimum atomic E-state index is 0.517. The van der Waals surface area contributed by atoms with Crippen LogP contribution in [0.5, 0.6) is 0 Å². The van der Waals surface area contributed by atoms with Crippen molar-refractivity contribution in [2.24, 2.45) is 5.92 Å². The molecule has 1 heterocycles. The lowest BCUT2D eigenvalue weighted by atomic mass is 10.1. The van der Waals surface area contributed by atoms with E-state index in [4.69, 9.17) is 4.74 Å². The van der Waals surface area contributed by atoms with Crippen LogP contribution in [-0.4, -0.2) is 50.3 Å². The molecule has 0 spiro atoms. The van der Waals surface area contributed by atoms with E-state index >= 15 is 0 Å². The Labute approximate surface area is 99.5 Å². The lowest BCUT2D eigenvalue weighted by Crippen LogP contribution is -2.43. The van der Waals surface area contributed by atoms with E-state index in [1.54, 1.807) is 0 Å². The first-order valence-corrected chi connectivity index (χ1v) is 6.77. The average Bonchev–Trinajstić information content (AvgIpc) is 2.71. The van der Waals surface area contributed by atoms with E-state index in [0.29, 0.717) is 6.10 Å². The monoisotopic (exact) mass is 226 g/mol. The minimum absolute atomic E-state index is 0.517. The van der Waals surface area contributed by atoms with Gasteiger partial charge in [-0.2, -0.15) is 0 Å². The molecule has 1 aliphatic carbocycles. The molecule has 3 unspecified atom stereocenters. The van der Waals surface area contributed by atoms with Gasteiger partial charge in [-0.25, -0.2) is 0 Å². The molecule has 2 fully saturated rings. The van der Waals surface area contributed by atoms with Gasteiger partial charge < -0.3 is 10.1 Å². The summed E-state index contributed by atoms with van der Waals surface area (Å²) in [7, 11) is 1.85. The quantitative estimate of drug-likeness (QED) is 0.772. The van der Waals surface area contributed by atoms with E-state index < -0.39 is 0 Å². The maximum absolute atomic E-state index is 5.48. The van der Waals surface area contributed by atoms with Crippen LogP contribution in [0.1, 0.15) is 32.6 Å². The second kappa shape index (κ2) is 5.99. The van der Waals surface area contributed by atoms with Crippen LogP contribution in [0.3, 0.4) is 0 Å². The zero-order valence-corrected chi connectivity index (χ0v) is 10.7. The highest BCUT2D eigenvalue weighted by atomic mass is 16.5. The Balaban J connectivity index is 1.86. The zero-order valence-electron chi connectivity index (χ0n) is 10.7. The highest BCUT2D eigenvalue weighted by Gasteiger charge is 2.29. The third kappa shape index (κ3) is 3.19. The molecular formula is C13H26N2O. The molecule has 1 N–H and O–H groups in total. The summed E-state index contributed by atoms with van der Waals surface area (Å²) in [6.07, 6.45) is 5.64. The molecule has 16 heavy (non-hydrogen) atoms. The van der Waals surface area contributed by atoms with Crippen molar-refractivity contribution in [3.05, 3.63) is 0 Å². The van der Waals surface area contributed by atoms with Crippen LogP contribution in [0, 0.1) is 5.92 Å². The molecule has 0 amide bonds. The maximum atomic E-state index is 5.48. The predicted octanol–water partition coefficient (Wildman–Crippen LogP) is 1.49. The normalized spacial score (nSPS) is 38.2. The van der Waals surface area contributed by atoms with Crippen LogP contribution in [0.15, 0.2) is 0 Å². The maximum Gasteiger partial charge on any atom is 0.0586 e. The van der Waals surface area contributed by atoms with Gasteiger partial charge in [-0.3, -0.25) is 4.90 Å². The van der Waals surface area contributed by atoms with Gasteiger partial charge in [-0.1, -0.05) is 6.92 Å². The zero-order chi connectivity index (χ0) is 11.4. The van der Waals surface area contributed by atoms with Crippen LogP contribution in [0.2, 0.25) is 0 Å². The number of methoxy groups -OCH3 is 1. The second-order valence-electron chi connectivity index (χ2n) is 5.48. The van der Waals surface area contributed by atoms with Gasteiger partial charge in [-0.15, -0.1) is 0 Å². The van der Waals surface area contributed by atoms with Crippen molar-refractivity contribution >= 4 is 0 Å². The van der Waals surface area contributed by atoms with Gasteiger partial charge in [-0.05, 0) is 51.2 Å². The number of ether oxygens (including phenoxy) is 1. The Bertz CT molecular complexity index is 210. The van der Waals surface area contributed by atoms with Gasteiger partial charge in [0.1, 0.15) is 0 Å². The van der Waals surface area contributed by atoms with Crippen LogP contribution < -0.4 is 5.32 Å². The largest absolute Gasteiger partial charge is 0.381 e. The van der Waals surface area contributed by atoms with E-state index in [0.717, 1.165) is 12.0 Å². The van der Waals surface area contributed by atoms with Crippen LogP contribution in [-0.2, 0) is 4.74 Å². The number of rotatable bonds is 2. The predicted molar refractivity (Wildman–Crippen MR) is 66.7 cm³/mol. The van der Waals surface area contributed by atoms with Gasteiger partial charge in [0.25, 0.3) is 0 Å². The number of nitrogens with zero attached hydrogens (tertiary/aromatic N) is 1. The molecular weight excluding hydrogens is 200 g/mol. The van der Waals surface area contributed by atoms with Crippen molar-refractivity contribution in [1.82, 2.24) is 10.2 Å². The second-order valence-corrected chi connectivity index (χ2v) is 5.48. The Hall–Kier alpha value is -0.120. The molecule has 3 atom stereocenters. The molecule has 1 aliphatic heterocycles. The van der Waals surface area contributed by atoms with Crippen LogP contribution >= 0.6 is 0 Å². The molecule has 0 aromatic rings. The molecule has 0 bridgehead atoms. The average molecular weight is 226 g/mol. The van der Waals surface area contributed by atoms with Gasteiger partial charge in [0.05, 0.1) is 6.10 Å².